The molecule has 0 radical (unpaired) electrons. The molecule has 0 bridgehead atoms. The molecule has 27 heavy (non-hydrogen) atoms. The van der Waals surface area contributed by atoms with E-state index in [0.717, 1.165) is 16.9 Å². The standard InChI is InChI=1S/C21H21NO4S/c1-16-3-8-18(9-4-16)22(19-13-14-27(24,25)15-19)21(23)12-7-17-5-10-20(26-2)11-6-17/h3-14,19H,15H2,1-2H3/b12-7+/t19-/m1/s1. The van der Waals surface area contributed by atoms with Gasteiger partial charge >= 0.3 is 0 Å². The molecule has 0 saturated heterocycles. The van der Waals surface area contributed by atoms with Crippen molar-refractivity contribution in [2.75, 3.05) is 17.8 Å². The summed E-state index contributed by atoms with van der Waals surface area (Å²) in [6.07, 6.45) is 4.73. The SMILES string of the molecule is COc1ccc(/C=C/C(=O)N(c2ccc(C)cc2)[C@@H]2C=CS(=O)(=O)C2)cc1. The maximum absolute atomic E-state index is 12.9. The molecule has 1 aliphatic heterocycles. The summed E-state index contributed by atoms with van der Waals surface area (Å²) in [7, 11) is -1.68. The molecule has 0 fully saturated rings. The Morgan fingerprint density at radius 3 is 2.33 bits per heavy atom. The first kappa shape index (κ1) is 18.9. The van der Waals surface area contributed by atoms with Crippen LogP contribution in [0.25, 0.3) is 6.08 Å². The van der Waals surface area contributed by atoms with Crippen molar-refractivity contribution >= 4 is 27.5 Å². The zero-order valence-corrected chi connectivity index (χ0v) is 16.0. The summed E-state index contributed by atoms with van der Waals surface area (Å²) in [5.41, 5.74) is 2.58. The van der Waals surface area contributed by atoms with Gasteiger partial charge in [0.25, 0.3) is 5.91 Å². The van der Waals surface area contributed by atoms with Crippen molar-refractivity contribution in [1.29, 1.82) is 0 Å². The van der Waals surface area contributed by atoms with E-state index in [4.69, 9.17) is 4.74 Å². The number of methoxy groups -OCH3 is 1. The van der Waals surface area contributed by atoms with Gasteiger partial charge in [-0.25, -0.2) is 8.42 Å². The van der Waals surface area contributed by atoms with Crippen molar-refractivity contribution < 1.29 is 17.9 Å². The molecule has 2 aromatic carbocycles. The van der Waals surface area contributed by atoms with E-state index < -0.39 is 15.9 Å². The number of carbonyl (C=O) groups is 1. The fraction of sp³-hybridized carbons (Fsp3) is 0.190. The van der Waals surface area contributed by atoms with Crippen LogP contribution in [0.4, 0.5) is 5.69 Å². The summed E-state index contributed by atoms with van der Waals surface area (Å²) in [5, 5.41) is 1.18. The van der Waals surface area contributed by atoms with Gasteiger partial charge in [-0.1, -0.05) is 29.8 Å². The lowest BCUT2D eigenvalue weighted by atomic mass is 10.1. The summed E-state index contributed by atoms with van der Waals surface area (Å²) in [6, 6.07) is 14.2. The minimum Gasteiger partial charge on any atom is -0.497 e. The topological polar surface area (TPSA) is 63.7 Å². The molecular weight excluding hydrogens is 362 g/mol. The number of nitrogens with zero attached hydrogens (tertiary/aromatic N) is 1. The highest BCUT2D eigenvalue weighted by Crippen LogP contribution is 2.24. The Hall–Kier alpha value is -2.86. The highest BCUT2D eigenvalue weighted by Gasteiger charge is 2.30. The predicted octanol–water partition coefficient (Wildman–Crippen LogP) is 3.36. The zero-order chi connectivity index (χ0) is 19.4. The lowest BCUT2D eigenvalue weighted by Crippen LogP contribution is -2.40. The van der Waals surface area contributed by atoms with Gasteiger partial charge < -0.3 is 9.64 Å². The number of rotatable bonds is 5. The van der Waals surface area contributed by atoms with E-state index >= 15 is 0 Å². The van der Waals surface area contributed by atoms with Crippen molar-refractivity contribution in [3.8, 4) is 5.75 Å². The van der Waals surface area contributed by atoms with Crippen molar-refractivity contribution in [1.82, 2.24) is 0 Å². The van der Waals surface area contributed by atoms with Crippen molar-refractivity contribution in [3.63, 3.8) is 0 Å². The highest BCUT2D eigenvalue weighted by atomic mass is 32.2. The average molecular weight is 383 g/mol. The molecule has 0 saturated carbocycles. The van der Waals surface area contributed by atoms with E-state index in [9.17, 15) is 13.2 Å². The minimum atomic E-state index is -3.28. The summed E-state index contributed by atoms with van der Waals surface area (Å²) in [6.45, 7) is 1.96. The number of aryl methyl sites for hydroxylation is 1. The molecule has 1 atom stereocenters. The van der Waals surface area contributed by atoms with Crippen LogP contribution in [0.3, 0.4) is 0 Å². The number of ether oxygens (including phenoxy) is 1. The molecular formula is C21H21NO4S. The van der Waals surface area contributed by atoms with Gasteiger partial charge in [-0.15, -0.1) is 0 Å². The van der Waals surface area contributed by atoms with E-state index in [1.54, 1.807) is 19.3 Å². The van der Waals surface area contributed by atoms with Crippen molar-refractivity contribution in [3.05, 3.63) is 77.2 Å². The lowest BCUT2D eigenvalue weighted by molar-refractivity contribution is -0.114. The quantitative estimate of drug-likeness (QED) is 0.743. The monoisotopic (exact) mass is 383 g/mol. The summed E-state index contributed by atoms with van der Waals surface area (Å²) < 4.78 is 28.8. The van der Waals surface area contributed by atoms with Crippen LogP contribution in [0.2, 0.25) is 0 Å². The molecule has 1 aliphatic rings. The second-order valence-electron chi connectivity index (χ2n) is 6.38. The number of hydrogen-bond acceptors (Lipinski definition) is 4. The first-order valence-electron chi connectivity index (χ1n) is 8.51. The number of benzene rings is 2. The van der Waals surface area contributed by atoms with Crippen LogP contribution >= 0.6 is 0 Å². The molecule has 0 aliphatic carbocycles. The van der Waals surface area contributed by atoms with Gasteiger partial charge in [-0.05, 0) is 48.9 Å². The second-order valence-corrected chi connectivity index (χ2v) is 8.31. The molecule has 0 spiro atoms. The Bertz CT molecular complexity index is 974. The zero-order valence-electron chi connectivity index (χ0n) is 15.2. The lowest BCUT2D eigenvalue weighted by Gasteiger charge is -2.26. The number of hydrogen-bond donors (Lipinski definition) is 0. The van der Waals surface area contributed by atoms with Gasteiger partial charge in [0.1, 0.15) is 5.75 Å². The second kappa shape index (κ2) is 7.80. The molecule has 6 heteroatoms. The van der Waals surface area contributed by atoms with E-state index in [1.165, 1.54) is 16.4 Å². The summed E-state index contributed by atoms with van der Waals surface area (Å²) in [4.78, 5) is 14.4. The first-order chi connectivity index (χ1) is 12.9. The number of anilines is 1. The van der Waals surface area contributed by atoms with Gasteiger partial charge in [0.15, 0.2) is 9.84 Å². The Morgan fingerprint density at radius 2 is 1.78 bits per heavy atom. The van der Waals surface area contributed by atoms with Crippen molar-refractivity contribution in [2.24, 2.45) is 0 Å². The Kier molecular flexibility index (Phi) is 5.46. The average Bonchev–Trinajstić information content (AvgIpc) is 3.01. The van der Waals surface area contributed by atoms with Crippen LogP contribution in [-0.2, 0) is 14.6 Å². The van der Waals surface area contributed by atoms with E-state index in [1.807, 2.05) is 55.5 Å². The Labute approximate surface area is 159 Å². The summed E-state index contributed by atoms with van der Waals surface area (Å²) >= 11 is 0. The number of amides is 1. The maximum atomic E-state index is 12.9. The van der Waals surface area contributed by atoms with E-state index in [2.05, 4.69) is 0 Å². The van der Waals surface area contributed by atoms with Crippen LogP contribution in [0.5, 0.6) is 5.75 Å². The summed E-state index contributed by atoms with van der Waals surface area (Å²) in [5.74, 6) is 0.352. The molecule has 1 amide bonds. The largest absolute Gasteiger partial charge is 0.497 e. The fourth-order valence-corrected chi connectivity index (χ4v) is 4.14. The molecule has 3 rings (SSSR count). The van der Waals surface area contributed by atoms with Crippen molar-refractivity contribution in [2.45, 2.75) is 13.0 Å². The molecule has 0 aromatic heterocycles. The normalized spacial score (nSPS) is 17.9. The molecule has 5 nitrogen and oxygen atoms in total. The number of sulfone groups is 1. The fourth-order valence-electron chi connectivity index (χ4n) is 2.87. The molecule has 1 heterocycles. The third-order valence-corrected chi connectivity index (χ3v) is 5.70. The van der Waals surface area contributed by atoms with Crippen LogP contribution < -0.4 is 9.64 Å². The first-order valence-corrected chi connectivity index (χ1v) is 10.2. The van der Waals surface area contributed by atoms with Gasteiger partial charge in [0.2, 0.25) is 0 Å². The van der Waals surface area contributed by atoms with Gasteiger partial charge in [0, 0.05) is 17.2 Å². The molecule has 0 N–H and O–H groups in total. The molecule has 2 aromatic rings. The third-order valence-electron chi connectivity index (χ3n) is 4.33. The van der Waals surface area contributed by atoms with E-state index in [0.29, 0.717) is 5.69 Å². The van der Waals surface area contributed by atoms with Gasteiger partial charge in [-0.2, -0.15) is 0 Å². The number of carbonyl (C=O) groups excluding carboxylic acids is 1. The van der Waals surface area contributed by atoms with E-state index in [-0.39, 0.29) is 11.7 Å². The smallest absolute Gasteiger partial charge is 0.251 e. The third kappa shape index (κ3) is 4.65. The van der Waals surface area contributed by atoms with Gasteiger partial charge in [0.05, 0.1) is 18.9 Å². The van der Waals surface area contributed by atoms with Crippen LogP contribution in [-0.4, -0.2) is 33.2 Å². The molecule has 0 unspecified atom stereocenters. The maximum Gasteiger partial charge on any atom is 0.251 e. The highest BCUT2D eigenvalue weighted by molar-refractivity contribution is 7.94. The van der Waals surface area contributed by atoms with Gasteiger partial charge in [-0.3, -0.25) is 4.79 Å². The molecule has 140 valence electrons. The van der Waals surface area contributed by atoms with Crippen LogP contribution in [0.15, 0.2) is 66.1 Å². The minimum absolute atomic E-state index is 0.108. The predicted molar refractivity (Wildman–Crippen MR) is 107 cm³/mol. The Morgan fingerprint density at radius 1 is 1.11 bits per heavy atom. The Balaban J connectivity index is 1.87. The van der Waals surface area contributed by atoms with Crippen LogP contribution in [0.1, 0.15) is 11.1 Å². The van der Waals surface area contributed by atoms with Crippen LogP contribution in [0, 0.1) is 6.92 Å².